The molecule has 0 radical (unpaired) electrons. The van der Waals surface area contributed by atoms with E-state index in [0.29, 0.717) is 25.5 Å². The molecule has 26 heavy (non-hydrogen) atoms. The van der Waals surface area contributed by atoms with Gasteiger partial charge in [0.05, 0.1) is 6.04 Å². The number of likely N-dealkylation sites (N-methyl/N-ethyl adjacent to an activating group) is 1. The number of aliphatic imine (C=N–C) groups is 1. The van der Waals surface area contributed by atoms with Crippen molar-refractivity contribution in [3.63, 3.8) is 0 Å². The quantitative estimate of drug-likeness (QED) is 0.583. The maximum Gasteiger partial charge on any atom is 0.243 e. The number of carbonyl (C=O) groups excluding carboxylic acids is 2. The van der Waals surface area contributed by atoms with Gasteiger partial charge in [-0.1, -0.05) is 30.3 Å². The van der Waals surface area contributed by atoms with Crippen LogP contribution in [0.4, 0.5) is 0 Å². The monoisotopic (exact) mass is 359 g/mol. The van der Waals surface area contributed by atoms with Crippen LogP contribution in [0.25, 0.3) is 0 Å². The lowest BCUT2D eigenvalue weighted by atomic mass is 9.94. The predicted molar refractivity (Wildman–Crippen MR) is 103 cm³/mol. The highest BCUT2D eigenvalue weighted by atomic mass is 16.2. The Morgan fingerprint density at radius 1 is 1.27 bits per heavy atom. The standard InChI is InChI=1S/C19H29N5O2/c1-5-20-19(22-13-17(26)23(2)3)21-12-15-11-16(25)24(4)18(15)14-9-7-6-8-10-14/h6-10,15,18H,5,11-13H2,1-4H3,(H2,20,21,22). The van der Waals surface area contributed by atoms with Gasteiger partial charge in [0.2, 0.25) is 11.8 Å². The lowest BCUT2D eigenvalue weighted by Crippen LogP contribution is -2.41. The van der Waals surface area contributed by atoms with Gasteiger partial charge in [-0.15, -0.1) is 0 Å². The summed E-state index contributed by atoms with van der Waals surface area (Å²) in [4.78, 5) is 31.7. The van der Waals surface area contributed by atoms with Crippen LogP contribution in [0.3, 0.4) is 0 Å². The zero-order valence-electron chi connectivity index (χ0n) is 16.0. The van der Waals surface area contributed by atoms with E-state index in [9.17, 15) is 9.59 Å². The lowest BCUT2D eigenvalue weighted by molar-refractivity contribution is -0.128. The van der Waals surface area contributed by atoms with Gasteiger partial charge in [-0.25, -0.2) is 4.99 Å². The molecule has 1 aliphatic rings. The largest absolute Gasteiger partial charge is 0.357 e. The molecular weight excluding hydrogens is 330 g/mol. The topological polar surface area (TPSA) is 77.0 Å². The molecule has 2 atom stereocenters. The van der Waals surface area contributed by atoms with Gasteiger partial charge in [-0.3, -0.25) is 9.59 Å². The average Bonchev–Trinajstić information content (AvgIpc) is 2.91. The van der Waals surface area contributed by atoms with Crippen LogP contribution in [0.2, 0.25) is 0 Å². The van der Waals surface area contributed by atoms with E-state index in [1.165, 1.54) is 4.90 Å². The van der Waals surface area contributed by atoms with Gasteiger partial charge < -0.3 is 20.4 Å². The Morgan fingerprint density at radius 2 is 1.96 bits per heavy atom. The van der Waals surface area contributed by atoms with Crippen molar-refractivity contribution in [2.24, 2.45) is 10.9 Å². The molecule has 0 aliphatic carbocycles. The fourth-order valence-corrected chi connectivity index (χ4v) is 3.14. The molecule has 7 heteroatoms. The van der Waals surface area contributed by atoms with E-state index < -0.39 is 0 Å². The molecule has 2 rings (SSSR count). The minimum atomic E-state index is -0.0554. The minimum Gasteiger partial charge on any atom is -0.357 e. The summed E-state index contributed by atoms with van der Waals surface area (Å²) in [5, 5.41) is 6.43. The zero-order valence-corrected chi connectivity index (χ0v) is 16.0. The molecule has 2 amide bonds. The maximum absolute atomic E-state index is 12.2. The molecule has 142 valence electrons. The van der Waals surface area contributed by atoms with Gasteiger partial charge in [0.25, 0.3) is 0 Å². The number of hydrogen-bond acceptors (Lipinski definition) is 3. The first kappa shape index (κ1) is 19.8. The van der Waals surface area contributed by atoms with Crippen LogP contribution in [0.1, 0.15) is 24.9 Å². The molecule has 1 aromatic carbocycles. The normalized spacial score (nSPS) is 20.2. The summed E-state index contributed by atoms with van der Waals surface area (Å²) in [7, 11) is 5.28. The summed E-state index contributed by atoms with van der Waals surface area (Å²) in [6.07, 6.45) is 0.499. The van der Waals surface area contributed by atoms with E-state index in [2.05, 4.69) is 27.8 Å². The summed E-state index contributed by atoms with van der Waals surface area (Å²) in [5.74, 6) is 0.829. The molecule has 7 nitrogen and oxygen atoms in total. The highest BCUT2D eigenvalue weighted by molar-refractivity contribution is 5.85. The lowest BCUT2D eigenvalue weighted by Gasteiger charge is -2.26. The summed E-state index contributed by atoms with van der Waals surface area (Å²) < 4.78 is 0. The first-order valence-electron chi connectivity index (χ1n) is 8.97. The molecule has 1 saturated heterocycles. The van der Waals surface area contributed by atoms with Crippen LogP contribution in [-0.2, 0) is 9.59 Å². The molecule has 1 heterocycles. The first-order valence-corrected chi connectivity index (χ1v) is 8.97. The van der Waals surface area contributed by atoms with Crippen molar-refractivity contribution >= 4 is 17.8 Å². The zero-order chi connectivity index (χ0) is 19.1. The predicted octanol–water partition coefficient (Wildman–Crippen LogP) is 0.849. The van der Waals surface area contributed by atoms with Crippen LogP contribution in [0.15, 0.2) is 35.3 Å². The number of amides is 2. The molecule has 1 fully saturated rings. The van der Waals surface area contributed by atoms with Crippen molar-refractivity contribution in [1.29, 1.82) is 0 Å². The first-order chi connectivity index (χ1) is 12.4. The fourth-order valence-electron chi connectivity index (χ4n) is 3.14. The molecule has 0 aromatic heterocycles. The van der Waals surface area contributed by atoms with Crippen molar-refractivity contribution in [3.8, 4) is 0 Å². The third kappa shape index (κ3) is 4.97. The second kappa shape index (κ2) is 9.22. The Balaban J connectivity index is 2.05. The maximum atomic E-state index is 12.2. The van der Waals surface area contributed by atoms with Crippen LogP contribution in [-0.4, -0.2) is 68.4 Å². The van der Waals surface area contributed by atoms with Gasteiger partial charge in [0.1, 0.15) is 6.54 Å². The number of benzene rings is 1. The van der Waals surface area contributed by atoms with Crippen LogP contribution in [0.5, 0.6) is 0 Å². The van der Waals surface area contributed by atoms with Crippen molar-refractivity contribution in [2.45, 2.75) is 19.4 Å². The number of carbonyl (C=O) groups is 2. The molecule has 2 unspecified atom stereocenters. The average molecular weight is 359 g/mol. The Kier molecular flexibility index (Phi) is 7.00. The van der Waals surface area contributed by atoms with Crippen molar-refractivity contribution < 1.29 is 9.59 Å². The van der Waals surface area contributed by atoms with E-state index >= 15 is 0 Å². The van der Waals surface area contributed by atoms with E-state index in [0.717, 1.165) is 5.56 Å². The summed E-state index contributed by atoms with van der Waals surface area (Å²) in [6.45, 7) is 3.38. The van der Waals surface area contributed by atoms with Gasteiger partial charge in [0.15, 0.2) is 5.96 Å². The van der Waals surface area contributed by atoms with Crippen LogP contribution >= 0.6 is 0 Å². The Bertz CT molecular complexity index is 645. The van der Waals surface area contributed by atoms with Crippen LogP contribution in [0, 0.1) is 5.92 Å². The van der Waals surface area contributed by atoms with Crippen molar-refractivity contribution in [3.05, 3.63) is 35.9 Å². The molecule has 0 spiro atoms. The van der Waals surface area contributed by atoms with Crippen molar-refractivity contribution in [2.75, 3.05) is 40.8 Å². The van der Waals surface area contributed by atoms with E-state index in [1.807, 2.05) is 37.1 Å². The number of nitrogens with one attached hydrogen (secondary N) is 2. The third-order valence-corrected chi connectivity index (χ3v) is 4.58. The Morgan fingerprint density at radius 3 is 2.58 bits per heavy atom. The SMILES string of the molecule is CCNC(=NCC(=O)N(C)C)NCC1CC(=O)N(C)C1c1ccccc1. The highest BCUT2D eigenvalue weighted by Crippen LogP contribution is 2.36. The number of rotatable bonds is 6. The second-order valence-electron chi connectivity index (χ2n) is 6.69. The van der Waals surface area contributed by atoms with Crippen molar-refractivity contribution in [1.82, 2.24) is 20.4 Å². The molecule has 1 aromatic rings. The van der Waals surface area contributed by atoms with E-state index in [4.69, 9.17) is 0 Å². The van der Waals surface area contributed by atoms with E-state index in [-0.39, 0.29) is 30.3 Å². The Labute approximate surface area is 155 Å². The summed E-state index contributed by atoms with van der Waals surface area (Å²) >= 11 is 0. The number of likely N-dealkylation sites (tertiary alicyclic amines) is 1. The summed E-state index contributed by atoms with van der Waals surface area (Å²) in [6, 6.07) is 10.1. The highest BCUT2D eigenvalue weighted by Gasteiger charge is 2.38. The molecular formula is C19H29N5O2. The minimum absolute atomic E-state index is 0.0440. The second-order valence-corrected chi connectivity index (χ2v) is 6.69. The number of hydrogen-bond donors (Lipinski definition) is 2. The van der Waals surface area contributed by atoms with Gasteiger partial charge in [-0.2, -0.15) is 0 Å². The number of nitrogens with zero attached hydrogens (tertiary/aromatic N) is 3. The molecule has 0 bridgehead atoms. The molecule has 1 aliphatic heterocycles. The van der Waals surface area contributed by atoms with Gasteiger partial charge >= 0.3 is 0 Å². The molecule has 0 saturated carbocycles. The smallest absolute Gasteiger partial charge is 0.243 e. The van der Waals surface area contributed by atoms with E-state index in [1.54, 1.807) is 14.1 Å². The summed E-state index contributed by atoms with van der Waals surface area (Å²) in [5.41, 5.74) is 1.14. The fraction of sp³-hybridized carbons (Fsp3) is 0.526. The third-order valence-electron chi connectivity index (χ3n) is 4.58. The molecule has 2 N–H and O–H groups in total. The van der Waals surface area contributed by atoms with Gasteiger partial charge in [0, 0.05) is 46.6 Å². The van der Waals surface area contributed by atoms with Gasteiger partial charge in [-0.05, 0) is 12.5 Å². The van der Waals surface area contributed by atoms with Crippen LogP contribution < -0.4 is 10.6 Å². The number of guanidine groups is 1. The Hall–Kier alpha value is -2.57.